The van der Waals surface area contributed by atoms with E-state index in [2.05, 4.69) is 20.5 Å². The fourth-order valence-electron chi connectivity index (χ4n) is 2.71. The van der Waals surface area contributed by atoms with E-state index in [4.69, 9.17) is 21.1 Å². The smallest absolute Gasteiger partial charge is 0.181 e. The zero-order valence-corrected chi connectivity index (χ0v) is 14.4. The number of benzene rings is 2. The third-order valence-corrected chi connectivity index (χ3v) is 4.15. The van der Waals surface area contributed by atoms with Gasteiger partial charge < -0.3 is 14.8 Å². The molecular weight excluding hydrogens is 340 g/mol. The Morgan fingerprint density at radius 1 is 1.20 bits per heavy atom. The number of fused-ring (bicyclic) bond motifs is 1. The van der Waals surface area contributed by atoms with Crippen LogP contribution in [0.1, 0.15) is 11.4 Å². The van der Waals surface area contributed by atoms with Crippen LogP contribution in [0.3, 0.4) is 0 Å². The molecule has 0 amide bonds. The van der Waals surface area contributed by atoms with E-state index in [1.165, 1.54) is 0 Å². The van der Waals surface area contributed by atoms with Gasteiger partial charge in [0.1, 0.15) is 19.0 Å². The number of ether oxygens (including phenoxy) is 2. The fraction of sp³-hybridized carbons (Fsp3) is 0.222. The summed E-state index contributed by atoms with van der Waals surface area (Å²) in [5.41, 5.74) is 2.95. The molecule has 4 rings (SSSR count). The van der Waals surface area contributed by atoms with E-state index >= 15 is 0 Å². The molecule has 2 N–H and O–H groups in total. The molecule has 2 aromatic carbocycles. The van der Waals surface area contributed by atoms with Crippen molar-refractivity contribution >= 4 is 17.3 Å². The van der Waals surface area contributed by atoms with E-state index in [9.17, 15) is 0 Å². The van der Waals surface area contributed by atoms with E-state index in [0.29, 0.717) is 42.1 Å². The Kier molecular flexibility index (Phi) is 4.19. The third kappa shape index (κ3) is 3.39. The van der Waals surface area contributed by atoms with Gasteiger partial charge in [0.05, 0.1) is 5.02 Å². The lowest BCUT2D eigenvalue weighted by atomic mass is 10.1. The first-order chi connectivity index (χ1) is 12.2. The first-order valence-electron chi connectivity index (χ1n) is 8.00. The highest BCUT2D eigenvalue weighted by atomic mass is 35.5. The van der Waals surface area contributed by atoms with Crippen LogP contribution in [0.2, 0.25) is 5.02 Å². The largest absolute Gasteiger partial charge is 0.486 e. The molecule has 0 radical (unpaired) electrons. The highest BCUT2D eigenvalue weighted by Crippen LogP contribution is 2.38. The molecule has 1 aliphatic rings. The lowest BCUT2D eigenvalue weighted by Crippen LogP contribution is -2.16. The molecule has 1 aromatic heterocycles. The van der Waals surface area contributed by atoms with Gasteiger partial charge in [-0.2, -0.15) is 5.10 Å². The molecule has 128 valence electrons. The minimum Gasteiger partial charge on any atom is -0.486 e. The van der Waals surface area contributed by atoms with Gasteiger partial charge in [0.25, 0.3) is 0 Å². The summed E-state index contributed by atoms with van der Waals surface area (Å²) in [5, 5.41) is 11.0. The average molecular weight is 357 g/mol. The predicted molar refractivity (Wildman–Crippen MR) is 96.3 cm³/mol. The second-order valence-corrected chi connectivity index (χ2v) is 6.19. The van der Waals surface area contributed by atoms with Crippen molar-refractivity contribution < 1.29 is 9.47 Å². The van der Waals surface area contributed by atoms with Crippen LogP contribution in [0.4, 0.5) is 5.69 Å². The summed E-state index contributed by atoms with van der Waals surface area (Å²) in [6, 6.07) is 11.8. The Balaban J connectivity index is 1.51. The van der Waals surface area contributed by atoms with Crippen molar-refractivity contribution in [3.63, 3.8) is 0 Å². The van der Waals surface area contributed by atoms with Crippen molar-refractivity contribution in [2.45, 2.75) is 13.5 Å². The number of hydrogen-bond donors (Lipinski definition) is 2. The minimum absolute atomic E-state index is 0.526. The van der Waals surface area contributed by atoms with Gasteiger partial charge in [0.2, 0.25) is 0 Å². The van der Waals surface area contributed by atoms with E-state index in [0.717, 1.165) is 22.6 Å². The van der Waals surface area contributed by atoms with Crippen LogP contribution in [-0.4, -0.2) is 28.4 Å². The number of aromatic amines is 1. The molecule has 0 saturated heterocycles. The van der Waals surface area contributed by atoms with Crippen LogP contribution in [0.25, 0.3) is 11.4 Å². The standard InChI is InChI=1S/C18H17ClN4O2/c1-11-21-18(23-22-11)13-3-2-4-14(9-13)20-10-12-7-15(19)17-16(8-12)24-5-6-25-17/h2-4,7-9,20H,5-6,10H2,1H3,(H,21,22,23). The number of H-pyrrole nitrogens is 1. The van der Waals surface area contributed by atoms with Gasteiger partial charge in [-0.1, -0.05) is 23.7 Å². The second-order valence-electron chi connectivity index (χ2n) is 5.78. The maximum atomic E-state index is 6.28. The summed E-state index contributed by atoms with van der Waals surface area (Å²) in [7, 11) is 0. The lowest BCUT2D eigenvalue weighted by molar-refractivity contribution is 0.171. The van der Waals surface area contributed by atoms with Crippen LogP contribution in [0, 0.1) is 6.92 Å². The summed E-state index contributed by atoms with van der Waals surface area (Å²) >= 11 is 6.28. The number of halogens is 1. The van der Waals surface area contributed by atoms with Crippen molar-refractivity contribution in [2.24, 2.45) is 0 Å². The molecule has 0 bridgehead atoms. The summed E-state index contributed by atoms with van der Waals surface area (Å²) in [4.78, 5) is 4.36. The molecule has 0 atom stereocenters. The number of hydrogen-bond acceptors (Lipinski definition) is 5. The number of nitrogens with one attached hydrogen (secondary N) is 2. The summed E-state index contributed by atoms with van der Waals surface area (Å²) < 4.78 is 11.2. The molecular formula is C18H17ClN4O2. The first-order valence-corrected chi connectivity index (χ1v) is 8.38. The number of aryl methyl sites for hydroxylation is 1. The van der Waals surface area contributed by atoms with Crippen molar-refractivity contribution in [2.75, 3.05) is 18.5 Å². The van der Waals surface area contributed by atoms with Gasteiger partial charge in [0.15, 0.2) is 17.3 Å². The van der Waals surface area contributed by atoms with Crippen LogP contribution in [0.15, 0.2) is 36.4 Å². The summed E-state index contributed by atoms with van der Waals surface area (Å²) in [5.74, 6) is 2.79. The van der Waals surface area contributed by atoms with E-state index in [-0.39, 0.29) is 0 Å². The van der Waals surface area contributed by atoms with Crippen molar-refractivity contribution in [1.82, 2.24) is 15.2 Å². The van der Waals surface area contributed by atoms with E-state index in [1.54, 1.807) is 0 Å². The third-order valence-electron chi connectivity index (χ3n) is 3.87. The second kappa shape index (κ2) is 6.64. The van der Waals surface area contributed by atoms with Crippen molar-refractivity contribution in [3.8, 4) is 22.9 Å². The maximum Gasteiger partial charge on any atom is 0.181 e. The topological polar surface area (TPSA) is 72.1 Å². The van der Waals surface area contributed by atoms with Gasteiger partial charge in [-0.3, -0.25) is 5.10 Å². The molecule has 0 aliphatic carbocycles. The first kappa shape index (κ1) is 15.8. The van der Waals surface area contributed by atoms with Gasteiger partial charge in [-0.05, 0) is 36.8 Å². The highest BCUT2D eigenvalue weighted by Gasteiger charge is 2.16. The quantitative estimate of drug-likeness (QED) is 0.743. The predicted octanol–water partition coefficient (Wildman–Crippen LogP) is 3.82. The average Bonchev–Trinajstić information content (AvgIpc) is 3.07. The highest BCUT2D eigenvalue weighted by molar-refractivity contribution is 6.32. The Labute approximate surface area is 150 Å². The van der Waals surface area contributed by atoms with Crippen LogP contribution < -0.4 is 14.8 Å². The van der Waals surface area contributed by atoms with Crippen molar-refractivity contribution in [3.05, 3.63) is 52.8 Å². The Morgan fingerprint density at radius 2 is 2.08 bits per heavy atom. The summed E-state index contributed by atoms with van der Waals surface area (Å²) in [6.45, 7) is 3.56. The molecule has 25 heavy (non-hydrogen) atoms. The van der Waals surface area contributed by atoms with Crippen LogP contribution >= 0.6 is 11.6 Å². The molecule has 0 spiro atoms. The zero-order valence-electron chi connectivity index (χ0n) is 13.7. The monoisotopic (exact) mass is 356 g/mol. The number of nitrogens with zero attached hydrogens (tertiary/aromatic N) is 2. The molecule has 0 saturated carbocycles. The molecule has 7 heteroatoms. The van der Waals surface area contributed by atoms with Crippen LogP contribution in [0.5, 0.6) is 11.5 Å². The number of rotatable bonds is 4. The molecule has 6 nitrogen and oxygen atoms in total. The van der Waals surface area contributed by atoms with Crippen LogP contribution in [-0.2, 0) is 6.54 Å². The number of aromatic nitrogens is 3. The normalized spacial score (nSPS) is 12.9. The molecule has 1 aliphatic heterocycles. The Hall–Kier alpha value is -2.73. The SMILES string of the molecule is Cc1nc(-c2cccc(NCc3cc(Cl)c4c(c3)OCCO4)c2)n[nH]1. The van der Waals surface area contributed by atoms with Gasteiger partial charge in [-0.15, -0.1) is 0 Å². The van der Waals surface area contributed by atoms with E-state index < -0.39 is 0 Å². The number of anilines is 1. The van der Waals surface area contributed by atoms with E-state index in [1.807, 2.05) is 43.3 Å². The fourth-order valence-corrected chi connectivity index (χ4v) is 3.00. The minimum atomic E-state index is 0.526. The maximum absolute atomic E-state index is 6.28. The Morgan fingerprint density at radius 3 is 2.92 bits per heavy atom. The molecule has 0 unspecified atom stereocenters. The molecule has 2 heterocycles. The Bertz CT molecular complexity index is 910. The lowest BCUT2D eigenvalue weighted by Gasteiger charge is -2.20. The van der Waals surface area contributed by atoms with Gasteiger partial charge in [0, 0.05) is 17.8 Å². The molecule has 3 aromatic rings. The zero-order chi connectivity index (χ0) is 17.2. The van der Waals surface area contributed by atoms with Gasteiger partial charge in [-0.25, -0.2) is 4.98 Å². The summed E-state index contributed by atoms with van der Waals surface area (Å²) in [6.07, 6.45) is 0. The van der Waals surface area contributed by atoms with Crippen molar-refractivity contribution in [1.29, 1.82) is 0 Å². The van der Waals surface area contributed by atoms with Gasteiger partial charge >= 0.3 is 0 Å². The molecule has 0 fully saturated rings.